The van der Waals surface area contributed by atoms with Crippen LogP contribution in [-0.2, 0) is 23.6 Å². The van der Waals surface area contributed by atoms with E-state index in [0.29, 0.717) is 5.56 Å². The molecular weight excluding hydrogens is 378 g/mol. The van der Waals surface area contributed by atoms with Crippen molar-refractivity contribution in [1.29, 1.82) is 5.26 Å². The van der Waals surface area contributed by atoms with Gasteiger partial charge in [0.05, 0.1) is 28.5 Å². The van der Waals surface area contributed by atoms with Crippen molar-refractivity contribution in [2.24, 2.45) is 7.05 Å². The van der Waals surface area contributed by atoms with Crippen molar-refractivity contribution < 1.29 is 13.2 Å². The number of hydrogen-bond acceptors (Lipinski definition) is 5. The van der Waals surface area contributed by atoms with Crippen LogP contribution in [0.2, 0.25) is 0 Å². The molecule has 1 heterocycles. The van der Waals surface area contributed by atoms with Crippen molar-refractivity contribution in [3.05, 3.63) is 59.9 Å². The smallest absolute Gasteiger partial charge is 0.251 e. The Morgan fingerprint density at radius 3 is 2.57 bits per heavy atom. The zero-order valence-electron chi connectivity index (χ0n) is 15.2. The number of nitrogens with zero attached hydrogens (tertiary/aromatic N) is 3. The maximum atomic E-state index is 12.4. The second kappa shape index (κ2) is 8.21. The molecule has 28 heavy (non-hydrogen) atoms. The summed E-state index contributed by atoms with van der Waals surface area (Å²) >= 11 is 0. The van der Waals surface area contributed by atoms with E-state index < -0.39 is 10.0 Å². The molecule has 0 atom stereocenters. The highest BCUT2D eigenvalue weighted by Gasteiger charge is 2.15. The van der Waals surface area contributed by atoms with Gasteiger partial charge in [0.15, 0.2) is 0 Å². The number of aromatic nitrogens is 2. The van der Waals surface area contributed by atoms with Crippen LogP contribution in [0.15, 0.2) is 53.4 Å². The van der Waals surface area contributed by atoms with Gasteiger partial charge in [-0.2, -0.15) is 5.26 Å². The Morgan fingerprint density at radius 1 is 1.18 bits per heavy atom. The normalized spacial score (nSPS) is 11.3. The summed E-state index contributed by atoms with van der Waals surface area (Å²) in [4.78, 5) is 16.9. The van der Waals surface area contributed by atoms with E-state index in [2.05, 4.69) is 15.0 Å². The number of para-hydroxylation sites is 2. The molecule has 0 aliphatic rings. The quantitative estimate of drug-likeness (QED) is 0.589. The summed E-state index contributed by atoms with van der Waals surface area (Å²) in [5.41, 5.74) is 2.17. The minimum atomic E-state index is -3.70. The summed E-state index contributed by atoms with van der Waals surface area (Å²) in [6, 6.07) is 15.2. The number of benzene rings is 2. The topological polar surface area (TPSA) is 117 Å². The molecule has 0 unspecified atom stereocenters. The number of nitrogens with one attached hydrogen (secondary N) is 2. The van der Waals surface area contributed by atoms with Crippen LogP contribution in [0.5, 0.6) is 0 Å². The monoisotopic (exact) mass is 397 g/mol. The Balaban J connectivity index is 1.66. The average molecular weight is 397 g/mol. The van der Waals surface area contributed by atoms with Gasteiger partial charge < -0.3 is 9.88 Å². The van der Waals surface area contributed by atoms with Crippen LogP contribution in [0.3, 0.4) is 0 Å². The van der Waals surface area contributed by atoms with Crippen molar-refractivity contribution in [3.63, 3.8) is 0 Å². The van der Waals surface area contributed by atoms with E-state index in [1.54, 1.807) is 0 Å². The number of amides is 1. The number of nitriles is 1. The fourth-order valence-electron chi connectivity index (χ4n) is 2.73. The molecule has 3 aromatic rings. The summed E-state index contributed by atoms with van der Waals surface area (Å²) in [5, 5.41) is 11.3. The van der Waals surface area contributed by atoms with Gasteiger partial charge in [-0.25, -0.2) is 18.1 Å². The molecular formula is C19H19N5O3S. The zero-order chi connectivity index (χ0) is 20.1. The Labute approximate surface area is 162 Å². The minimum absolute atomic E-state index is 0.0392. The zero-order valence-corrected chi connectivity index (χ0v) is 16.0. The molecule has 0 fully saturated rings. The predicted octanol–water partition coefficient (Wildman–Crippen LogP) is 1.70. The number of carbonyl (C=O) groups excluding carboxylic acids is 1. The first kappa shape index (κ1) is 19.5. The van der Waals surface area contributed by atoms with Crippen molar-refractivity contribution in [3.8, 4) is 6.07 Å². The summed E-state index contributed by atoms with van der Waals surface area (Å²) in [6.45, 7) is 0.291. The van der Waals surface area contributed by atoms with Crippen LogP contribution >= 0.6 is 0 Å². The van der Waals surface area contributed by atoms with Crippen LogP contribution in [-0.4, -0.2) is 30.4 Å². The molecule has 2 aromatic carbocycles. The summed E-state index contributed by atoms with van der Waals surface area (Å²) in [7, 11) is -1.81. The molecule has 1 amide bonds. The first-order valence-corrected chi connectivity index (χ1v) is 10.1. The number of carbonyl (C=O) groups is 1. The SMILES string of the molecule is Cn1c(CNC(=O)c2ccc(S(=O)(=O)NCCC#N)cc2)nc2ccccc21. The lowest BCUT2D eigenvalue weighted by Crippen LogP contribution is -2.26. The first-order chi connectivity index (χ1) is 13.4. The Morgan fingerprint density at radius 2 is 1.89 bits per heavy atom. The lowest BCUT2D eigenvalue weighted by atomic mass is 10.2. The fraction of sp³-hybridized carbons (Fsp3) is 0.211. The minimum Gasteiger partial charge on any atom is -0.345 e. The van der Waals surface area contributed by atoms with E-state index in [0.717, 1.165) is 16.9 Å². The van der Waals surface area contributed by atoms with Gasteiger partial charge in [-0.15, -0.1) is 0 Å². The van der Waals surface area contributed by atoms with Gasteiger partial charge in [-0.05, 0) is 36.4 Å². The first-order valence-electron chi connectivity index (χ1n) is 8.57. The van der Waals surface area contributed by atoms with Gasteiger partial charge in [-0.3, -0.25) is 4.79 Å². The lowest BCUT2D eigenvalue weighted by Gasteiger charge is -2.08. The van der Waals surface area contributed by atoms with Crippen LogP contribution < -0.4 is 10.0 Å². The highest BCUT2D eigenvalue weighted by atomic mass is 32.2. The maximum Gasteiger partial charge on any atom is 0.251 e. The number of hydrogen-bond donors (Lipinski definition) is 2. The number of imidazole rings is 1. The largest absolute Gasteiger partial charge is 0.345 e. The second-order valence-electron chi connectivity index (χ2n) is 6.09. The van der Waals surface area contributed by atoms with Crippen LogP contribution in [0, 0.1) is 11.3 Å². The molecule has 9 heteroatoms. The lowest BCUT2D eigenvalue weighted by molar-refractivity contribution is 0.0949. The van der Waals surface area contributed by atoms with Crippen LogP contribution in [0.25, 0.3) is 11.0 Å². The van der Waals surface area contributed by atoms with E-state index >= 15 is 0 Å². The van der Waals surface area contributed by atoms with Gasteiger partial charge in [0, 0.05) is 25.6 Å². The molecule has 0 spiro atoms. The summed E-state index contributed by atoms with van der Waals surface area (Å²) in [5.74, 6) is 0.392. The van der Waals surface area contributed by atoms with Gasteiger partial charge in [0.25, 0.3) is 5.91 Å². The van der Waals surface area contributed by atoms with E-state index in [-0.39, 0.29) is 30.3 Å². The maximum absolute atomic E-state index is 12.4. The Kier molecular flexibility index (Phi) is 5.73. The van der Waals surface area contributed by atoms with Crippen molar-refractivity contribution in [2.75, 3.05) is 6.54 Å². The number of sulfonamides is 1. The number of rotatable bonds is 7. The molecule has 8 nitrogen and oxygen atoms in total. The van der Waals surface area contributed by atoms with Gasteiger partial charge >= 0.3 is 0 Å². The second-order valence-corrected chi connectivity index (χ2v) is 7.86. The highest BCUT2D eigenvalue weighted by Crippen LogP contribution is 2.14. The molecule has 0 aliphatic heterocycles. The van der Waals surface area contributed by atoms with E-state index in [1.807, 2.05) is 41.9 Å². The molecule has 1 aromatic heterocycles. The molecule has 0 radical (unpaired) electrons. The Hall–Kier alpha value is -3.22. The molecule has 144 valence electrons. The predicted molar refractivity (Wildman–Crippen MR) is 104 cm³/mol. The van der Waals surface area contributed by atoms with Gasteiger partial charge in [-0.1, -0.05) is 12.1 Å². The van der Waals surface area contributed by atoms with Crippen LogP contribution in [0.4, 0.5) is 0 Å². The fourth-order valence-corrected chi connectivity index (χ4v) is 3.76. The third-order valence-corrected chi connectivity index (χ3v) is 5.72. The summed E-state index contributed by atoms with van der Waals surface area (Å²) in [6.07, 6.45) is 0.0852. The van der Waals surface area contributed by atoms with Crippen molar-refractivity contribution >= 4 is 27.0 Å². The molecule has 2 N–H and O–H groups in total. The average Bonchev–Trinajstić information content (AvgIpc) is 3.02. The van der Waals surface area contributed by atoms with Crippen molar-refractivity contribution in [2.45, 2.75) is 17.9 Å². The number of fused-ring (bicyclic) bond motifs is 1. The molecule has 3 rings (SSSR count). The van der Waals surface area contributed by atoms with Crippen molar-refractivity contribution in [1.82, 2.24) is 19.6 Å². The van der Waals surface area contributed by atoms with E-state index in [4.69, 9.17) is 5.26 Å². The Bertz CT molecular complexity index is 1140. The van der Waals surface area contributed by atoms with E-state index in [1.165, 1.54) is 24.3 Å². The molecule has 0 aliphatic carbocycles. The van der Waals surface area contributed by atoms with E-state index in [9.17, 15) is 13.2 Å². The molecule has 0 bridgehead atoms. The van der Waals surface area contributed by atoms with Gasteiger partial charge in [0.1, 0.15) is 5.82 Å². The standard InChI is InChI=1S/C19H19N5O3S/c1-24-17-6-3-2-5-16(17)23-18(24)13-21-19(25)14-7-9-15(10-8-14)28(26,27)22-12-4-11-20/h2-3,5-10,22H,4,12-13H2,1H3,(H,21,25). The van der Waals surface area contributed by atoms with Gasteiger partial charge in [0.2, 0.25) is 10.0 Å². The molecule has 0 saturated heterocycles. The third kappa shape index (κ3) is 4.19. The number of aryl methyl sites for hydroxylation is 1. The third-order valence-electron chi connectivity index (χ3n) is 4.24. The van der Waals surface area contributed by atoms with Crippen LogP contribution in [0.1, 0.15) is 22.6 Å². The molecule has 0 saturated carbocycles. The highest BCUT2D eigenvalue weighted by molar-refractivity contribution is 7.89. The summed E-state index contributed by atoms with van der Waals surface area (Å²) < 4.78 is 28.4.